The van der Waals surface area contributed by atoms with Crippen LogP contribution in [0.2, 0.25) is 0 Å². The Hall–Kier alpha value is -0.280. The lowest BCUT2D eigenvalue weighted by atomic mass is 9.87. The number of rotatable bonds is 2. The van der Waals surface area contributed by atoms with Gasteiger partial charge in [-0.25, -0.2) is 0 Å². The van der Waals surface area contributed by atoms with Crippen LogP contribution in [0.3, 0.4) is 0 Å². The predicted octanol–water partition coefficient (Wildman–Crippen LogP) is 1.91. The molecule has 7 nitrogen and oxygen atoms in total. The van der Waals surface area contributed by atoms with Crippen LogP contribution in [0.15, 0.2) is 0 Å². The fourth-order valence-corrected chi connectivity index (χ4v) is 6.78. The number of nitrogens with zero attached hydrogens (tertiary/aromatic N) is 1. The molecular formula is C21H37N3O4. The minimum atomic E-state index is -0.292. The largest absolute Gasteiger partial charge is 0.377 e. The smallest absolute Gasteiger partial charge is 0.123 e. The van der Waals surface area contributed by atoms with Gasteiger partial charge < -0.3 is 18.9 Å². The highest BCUT2D eigenvalue weighted by Gasteiger charge is 2.63. The highest BCUT2D eigenvalue weighted by Crippen LogP contribution is 2.48. The minimum absolute atomic E-state index is 0.0194. The van der Waals surface area contributed by atoms with E-state index in [0.29, 0.717) is 0 Å². The topological polar surface area (TPSA) is 64.2 Å². The van der Waals surface area contributed by atoms with E-state index in [9.17, 15) is 0 Å². The molecule has 2 N–H and O–H groups in total. The van der Waals surface area contributed by atoms with Crippen molar-refractivity contribution in [2.45, 2.75) is 119 Å². The number of nitrogens with one attached hydrogen (secondary N) is 2. The zero-order valence-electron chi connectivity index (χ0n) is 17.8. The number of hydrogen-bond acceptors (Lipinski definition) is 7. The van der Waals surface area contributed by atoms with E-state index in [4.69, 9.17) is 18.9 Å². The molecule has 5 heterocycles. The summed E-state index contributed by atoms with van der Waals surface area (Å²) < 4.78 is 25.2. The molecule has 0 radical (unpaired) electrons. The molecule has 5 rings (SSSR count). The molecule has 0 aliphatic carbocycles. The highest BCUT2D eigenvalue weighted by atomic mass is 16.5. The van der Waals surface area contributed by atoms with Crippen molar-refractivity contribution in [3.63, 3.8) is 0 Å². The van der Waals surface area contributed by atoms with Crippen molar-refractivity contribution in [2.24, 2.45) is 0 Å². The molecule has 2 spiro atoms. The summed E-state index contributed by atoms with van der Waals surface area (Å²) in [6.07, 6.45) is 9.32. The SMILES string of the molecule is CO[C@@H]1[C@@H](OC)[C@@H]2C[C@]3(CCC[C@@H](C)O3)NC3N[C@@]4(CCC[C@@H](C)O4)C[C@H]1N32. The molecule has 5 aliphatic rings. The third-order valence-corrected chi connectivity index (χ3v) is 7.80. The van der Waals surface area contributed by atoms with Gasteiger partial charge in [0.15, 0.2) is 0 Å². The molecule has 0 aromatic rings. The molecule has 160 valence electrons. The summed E-state index contributed by atoms with van der Waals surface area (Å²) in [5.74, 6) is 0. The van der Waals surface area contributed by atoms with Crippen LogP contribution in [0.5, 0.6) is 0 Å². The first kappa shape index (κ1) is 19.7. The molecule has 1 unspecified atom stereocenters. The number of hydrogen-bond donors (Lipinski definition) is 2. The van der Waals surface area contributed by atoms with Crippen LogP contribution in [-0.4, -0.2) is 73.4 Å². The van der Waals surface area contributed by atoms with Crippen molar-refractivity contribution in [1.82, 2.24) is 15.5 Å². The van der Waals surface area contributed by atoms with Crippen LogP contribution in [0, 0.1) is 0 Å². The monoisotopic (exact) mass is 395 g/mol. The molecule has 5 saturated heterocycles. The average molecular weight is 396 g/mol. The van der Waals surface area contributed by atoms with Gasteiger partial charge in [-0.05, 0) is 52.4 Å². The number of methoxy groups -OCH3 is 2. The maximum atomic E-state index is 6.56. The second-order valence-corrected chi connectivity index (χ2v) is 9.71. The lowest BCUT2D eigenvalue weighted by Crippen LogP contribution is -2.79. The molecule has 0 bridgehead atoms. The second kappa shape index (κ2) is 7.15. The van der Waals surface area contributed by atoms with Gasteiger partial charge in [-0.2, -0.15) is 0 Å². The summed E-state index contributed by atoms with van der Waals surface area (Å²) in [6.45, 7) is 4.39. The Kier molecular flexibility index (Phi) is 5.02. The molecule has 0 aromatic heterocycles. The van der Waals surface area contributed by atoms with Crippen LogP contribution >= 0.6 is 0 Å². The summed E-state index contributed by atoms with van der Waals surface area (Å²) in [4.78, 5) is 2.56. The van der Waals surface area contributed by atoms with E-state index in [1.54, 1.807) is 0 Å². The van der Waals surface area contributed by atoms with Crippen molar-refractivity contribution in [2.75, 3.05) is 14.2 Å². The van der Waals surface area contributed by atoms with Crippen molar-refractivity contribution in [1.29, 1.82) is 0 Å². The highest BCUT2D eigenvalue weighted by molar-refractivity contribution is 5.14. The predicted molar refractivity (Wildman–Crippen MR) is 105 cm³/mol. The fraction of sp³-hybridized carbons (Fsp3) is 1.00. The molecular weight excluding hydrogens is 358 g/mol. The van der Waals surface area contributed by atoms with E-state index in [0.717, 1.165) is 38.5 Å². The van der Waals surface area contributed by atoms with Gasteiger partial charge in [-0.3, -0.25) is 15.5 Å². The molecule has 28 heavy (non-hydrogen) atoms. The van der Waals surface area contributed by atoms with Crippen LogP contribution in [0.1, 0.15) is 65.2 Å². The molecule has 0 amide bonds. The van der Waals surface area contributed by atoms with Crippen molar-refractivity contribution in [3.8, 4) is 0 Å². The van der Waals surface area contributed by atoms with E-state index in [-0.39, 0.29) is 54.2 Å². The van der Waals surface area contributed by atoms with E-state index < -0.39 is 0 Å². The minimum Gasteiger partial charge on any atom is -0.377 e. The molecule has 5 fully saturated rings. The van der Waals surface area contributed by atoms with Crippen molar-refractivity contribution >= 4 is 0 Å². The molecule has 0 saturated carbocycles. The molecule has 5 aliphatic heterocycles. The molecule has 7 heteroatoms. The third kappa shape index (κ3) is 3.06. The normalized spacial score (nSPS) is 54.2. The van der Waals surface area contributed by atoms with Crippen LogP contribution in [0.4, 0.5) is 0 Å². The molecule has 9 atom stereocenters. The standard InChI is InChI=1S/C21H37N3O4/c1-13-7-5-9-20(27-13)11-15-17(25-3)18(26-4)16-12-21(10-6-8-14(2)28-21)23-19(22-20)24(15)16/h13-19,22-23H,5-12H2,1-4H3/t13-,14-,15-,16+,17+,18+,19?,20-,21-/m1/s1. The quantitative estimate of drug-likeness (QED) is 0.740. The second-order valence-electron chi connectivity index (χ2n) is 9.71. The zero-order valence-corrected chi connectivity index (χ0v) is 17.8. The first-order valence-corrected chi connectivity index (χ1v) is 11.2. The first-order chi connectivity index (χ1) is 13.5. The Labute approximate surface area is 168 Å². The summed E-state index contributed by atoms with van der Waals surface area (Å²) >= 11 is 0. The van der Waals surface area contributed by atoms with E-state index >= 15 is 0 Å². The van der Waals surface area contributed by atoms with Crippen LogP contribution in [0.25, 0.3) is 0 Å². The van der Waals surface area contributed by atoms with Crippen LogP contribution in [-0.2, 0) is 18.9 Å². The van der Waals surface area contributed by atoms with Gasteiger partial charge in [0.1, 0.15) is 29.9 Å². The van der Waals surface area contributed by atoms with Gasteiger partial charge in [-0.15, -0.1) is 0 Å². The summed E-state index contributed by atoms with van der Waals surface area (Å²) in [5.41, 5.74) is -0.585. The van der Waals surface area contributed by atoms with Gasteiger partial charge in [0.05, 0.1) is 12.2 Å². The zero-order chi connectivity index (χ0) is 19.5. The Morgan fingerprint density at radius 1 is 0.821 bits per heavy atom. The Morgan fingerprint density at radius 3 is 1.68 bits per heavy atom. The molecule has 0 aromatic carbocycles. The van der Waals surface area contributed by atoms with Gasteiger partial charge in [0.2, 0.25) is 0 Å². The average Bonchev–Trinajstić information content (AvgIpc) is 2.93. The lowest BCUT2D eigenvalue weighted by Gasteiger charge is -2.59. The van der Waals surface area contributed by atoms with Crippen molar-refractivity contribution in [3.05, 3.63) is 0 Å². The Morgan fingerprint density at radius 2 is 1.29 bits per heavy atom. The first-order valence-electron chi connectivity index (χ1n) is 11.2. The fourth-order valence-electron chi connectivity index (χ4n) is 6.78. The van der Waals surface area contributed by atoms with E-state index in [1.165, 1.54) is 12.8 Å². The summed E-state index contributed by atoms with van der Waals surface area (Å²) in [7, 11) is 3.65. The Balaban J connectivity index is 1.50. The number of ether oxygens (including phenoxy) is 4. The van der Waals surface area contributed by atoms with E-state index in [2.05, 4.69) is 29.4 Å². The van der Waals surface area contributed by atoms with Gasteiger partial charge in [0, 0.05) is 39.1 Å². The van der Waals surface area contributed by atoms with Gasteiger partial charge in [0.25, 0.3) is 0 Å². The third-order valence-electron chi connectivity index (χ3n) is 7.80. The lowest BCUT2D eigenvalue weighted by molar-refractivity contribution is -0.244. The summed E-state index contributed by atoms with van der Waals surface area (Å²) in [6, 6.07) is 0.560. The van der Waals surface area contributed by atoms with Crippen LogP contribution < -0.4 is 10.6 Å². The summed E-state index contributed by atoms with van der Waals surface area (Å²) in [5, 5.41) is 7.76. The maximum Gasteiger partial charge on any atom is 0.123 e. The van der Waals surface area contributed by atoms with Gasteiger partial charge in [-0.1, -0.05) is 0 Å². The maximum absolute atomic E-state index is 6.56. The van der Waals surface area contributed by atoms with E-state index in [1.807, 2.05) is 14.2 Å². The van der Waals surface area contributed by atoms with Crippen molar-refractivity contribution < 1.29 is 18.9 Å². The van der Waals surface area contributed by atoms with Gasteiger partial charge >= 0.3 is 0 Å². The Bertz CT molecular complexity index is 546.